The largest absolute Gasteiger partial charge is 0.472 e. The van der Waals surface area contributed by atoms with Crippen molar-refractivity contribution in [3.8, 4) is 17.3 Å². The van der Waals surface area contributed by atoms with E-state index in [9.17, 15) is 0 Å². The van der Waals surface area contributed by atoms with Crippen LogP contribution < -0.4 is 9.64 Å². The molecule has 6 nitrogen and oxygen atoms in total. The molecule has 4 heterocycles. The quantitative estimate of drug-likeness (QED) is 0.658. The molecule has 3 aromatic rings. The van der Waals surface area contributed by atoms with Crippen LogP contribution in [0.2, 0.25) is 5.02 Å². The van der Waals surface area contributed by atoms with Gasteiger partial charge < -0.3 is 9.64 Å². The number of halogens is 1. The minimum absolute atomic E-state index is 0.0569. The van der Waals surface area contributed by atoms with Crippen molar-refractivity contribution < 1.29 is 4.74 Å². The van der Waals surface area contributed by atoms with Crippen LogP contribution in [0.3, 0.4) is 0 Å². The van der Waals surface area contributed by atoms with Crippen LogP contribution in [-0.4, -0.2) is 39.1 Å². The van der Waals surface area contributed by atoms with Crippen LogP contribution in [0.1, 0.15) is 24.1 Å². The molecule has 0 amide bonds. The molecular weight excluding hydrogens is 374 g/mol. The molecule has 28 heavy (non-hydrogen) atoms. The number of ether oxygens (including phenoxy) is 1. The highest BCUT2D eigenvalue weighted by Crippen LogP contribution is 2.27. The lowest BCUT2D eigenvalue weighted by Gasteiger charge is -2.34. The molecular formula is C21H22ClN5O. The van der Waals surface area contributed by atoms with Gasteiger partial charge in [0.15, 0.2) is 5.82 Å². The maximum atomic E-state index is 6.08. The molecule has 0 aliphatic carbocycles. The highest BCUT2D eigenvalue weighted by Gasteiger charge is 2.25. The van der Waals surface area contributed by atoms with Gasteiger partial charge in [-0.2, -0.15) is 0 Å². The van der Waals surface area contributed by atoms with Crippen molar-refractivity contribution in [2.75, 3.05) is 18.0 Å². The summed E-state index contributed by atoms with van der Waals surface area (Å²) in [4.78, 5) is 20.2. The molecule has 4 rings (SSSR count). The molecule has 0 saturated carbocycles. The standard InChI is InChI=1S/C21H22ClN5O/c1-14-15(2)25-20(16-7-9-23-10-8-16)26-21(14)27-11-3-4-18(13-27)28-19-6-5-17(22)12-24-19/h5-10,12,18H,3-4,11,13H2,1-2H3. The maximum absolute atomic E-state index is 6.08. The Balaban J connectivity index is 1.57. The van der Waals surface area contributed by atoms with Gasteiger partial charge in [0.1, 0.15) is 11.9 Å². The summed E-state index contributed by atoms with van der Waals surface area (Å²) in [5.41, 5.74) is 3.05. The van der Waals surface area contributed by atoms with Crippen LogP contribution >= 0.6 is 11.6 Å². The minimum atomic E-state index is 0.0569. The Hall–Kier alpha value is -2.73. The summed E-state index contributed by atoms with van der Waals surface area (Å²) in [5, 5.41) is 0.605. The van der Waals surface area contributed by atoms with Gasteiger partial charge in [0.25, 0.3) is 0 Å². The molecule has 1 atom stereocenters. The average Bonchev–Trinajstić information content (AvgIpc) is 2.72. The average molecular weight is 396 g/mol. The van der Waals surface area contributed by atoms with Gasteiger partial charge in [-0.3, -0.25) is 4.98 Å². The van der Waals surface area contributed by atoms with Gasteiger partial charge in [0.2, 0.25) is 5.88 Å². The summed E-state index contributed by atoms with van der Waals surface area (Å²) in [6.45, 7) is 5.81. The van der Waals surface area contributed by atoms with E-state index in [4.69, 9.17) is 21.3 Å². The number of hydrogen-bond donors (Lipinski definition) is 0. The second-order valence-corrected chi connectivity index (χ2v) is 7.40. The van der Waals surface area contributed by atoms with E-state index in [-0.39, 0.29) is 6.10 Å². The first-order chi connectivity index (χ1) is 13.6. The van der Waals surface area contributed by atoms with E-state index in [1.807, 2.05) is 25.1 Å². The second kappa shape index (κ2) is 8.10. The van der Waals surface area contributed by atoms with Crippen molar-refractivity contribution in [3.63, 3.8) is 0 Å². The molecule has 1 aliphatic rings. The van der Waals surface area contributed by atoms with E-state index in [1.165, 1.54) is 0 Å². The van der Waals surface area contributed by atoms with Crippen LogP contribution in [0.25, 0.3) is 11.4 Å². The maximum Gasteiger partial charge on any atom is 0.213 e. The zero-order chi connectivity index (χ0) is 19.5. The van der Waals surface area contributed by atoms with Gasteiger partial charge in [-0.15, -0.1) is 0 Å². The Morgan fingerprint density at radius 2 is 1.93 bits per heavy atom. The Morgan fingerprint density at radius 1 is 1.11 bits per heavy atom. The number of anilines is 1. The topological polar surface area (TPSA) is 64.0 Å². The molecule has 1 aliphatic heterocycles. The molecule has 1 saturated heterocycles. The van der Waals surface area contributed by atoms with E-state index in [0.29, 0.717) is 10.9 Å². The number of rotatable bonds is 4. The van der Waals surface area contributed by atoms with Crippen LogP contribution in [0.15, 0.2) is 42.9 Å². The van der Waals surface area contributed by atoms with Gasteiger partial charge in [-0.25, -0.2) is 15.0 Å². The van der Waals surface area contributed by atoms with E-state index in [0.717, 1.165) is 54.4 Å². The summed E-state index contributed by atoms with van der Waals surface area (Å²) in [6.07, 6.45) is 7.21. The lowest BCUT2D eigenvalue weighted by Crippen LogP contribution is -2.42. The van der Waals surface area contributed by atoms with Crippen molar-refractivity contribution in [1.29, 1.82) is 0 Å². The summed E-state index contributed by atoms with van der Waals surface area (Å²) in [6, 6.07) is 7.47. The van der Waals surface area contributed by atoms with E-state index >= 15 is 0 Å². The molecule has 0 aromatic carbocycles. The molecule has 1 unspecified atom stereocenters. The highest BCUT2D eigenvalue weighted by atomic mass is 35.5. The van der Waals surface area contributed by atoms with E-state index in [1.54, 1.807) is 24.7 Å². The number of aryl methyl sites for hydroxylation is 1. The fourth-order valence-corrected chi connectivity index (χ4v) is 3.49. The molecule has 7 heteroatoms. The molecule has 0 N–H and O–H groups in total. The lowest BCUT2D eigenvalue weighted by molar-refractivity contribution is 0.172. The SMILES string of the molecule is Cc1nc(-c2ccncc2)nc(N2CCCC(Oc3ccc(Cl)cn3)C2)c1C. The molecule has 1 fully saturated rings. The predicted molar refractivity (Wildman–Crippen MR) is 110 cm³/mol. The van der Waals surface area contributed by atoms with E-state index in [2.05, 4.69) is 26.8 Å². The summed E-state index contributed by atoms with van der Waals surface area (Å²) in [7, 11) is 0. The smallest absolute Gasteiger partial charge is 0.213 e. The third-order valence-electron chi connectivity index (χ3n) is 4.97. The van der Waals surface area contributed by atoms with Gasteiger partial charge >= 0.3 is 0 Å². The van der Waals surface area contributed by atoms with Gasteiger partial charge in [0, 0.05) is 48.0 Å². The van der Waals surface area contributed by atoms with Gasteiger partial charge in [-0.05, 0) is 44.9 Å². The second-order valence-electron chi connectivity index (χ2n) is 6.96. The molecule has 0 spiro atoms. The van der Waals surface area contributed by atoms with Crippen molar-refractivity contribution in [2.24, 2.45) is 0 Å². The van der Waals surface area contributed by atoms with Crippen LogP contribution in [-0.2, 0) is 0 Å². The zero-order valence-electron chi connectivity index (χ0n) is 16.0. The Morgan fingerprint density at radius 3 is 2.68 bits per heavy atom. The van der Waals surface area contributed by atoms with Crippen LogP contribution in [0.5, 0.6) is 5.88 Å². The molecule has 3 aromatic heterocycles. The van der Waals surface area contributed by atoms with Crippen molar-refractivity contribution in [1.82, 2.24) is 19.9 Å². The Kier molecular flexibility index (Phi) is 5.39. The summed E-state index contributed by atoms with van der Waals surface area (Å²) >= 11 is 5.91. The van der Waals surface area contributed by atoms with Crippen molar-refractivity contribution in [3.05, 3.63) is 59.1 Å². The van der Waals surface area contributed by atoms with Crippen molar-refractivity contribution in [2.45, 2.75) is 32.8 Å². The minimum Gasteiger partial charge on any atom is -0.472 e. The first-order valence-corrected chi connectivity index (χ1v) is 9.77. The van der Waals surface area contributed by atoms with Crippen LogP contribution in [0.4, 0.5) is 5.82 Å². The molecule has 0 bridgehead atoms. The monoisotopic (exact) mass is 395 g/mol. The highest BCUT2D eigenvalue weighted by molar-refractivity contribution is 6.30. The van der Waals surface area contributed by atoms with Crippen LogP contribution in [0, 0.1) is 13.8 Å². The zero-order valence-corrected chi connectivity index (χ0v) is 16.7. The number of piperidine rings is 1. The number of nitrogens with zero attached hydrogens (tertiary/aromatic N) is 5. The van der Waals surface area contributed by atoms with E-state index < -0.39 is 0 Å². The normalized spacial score (nSPS) is 16.8. The first kappa shape index (κ1) is 18.6. The van der Waals surface area contributed by atoms with Crippen molar-refractivity contribution >= 4 is 17.4 Å². The summed E-state index contributed by atoms with van der Waals surface area (Å²) < 4.78 is 6.08. The predicted octanol–water partition coefficient (Wildman–Crippen LogP) is 4.25. The first-order valence-electron chi connectivity index (χ1n) is 9.39. The number of aromatic nitrogens is 4. The molecule has 0 radical (unpaired) electrons. The molecule has 144 valence electrons. The van der Waals surface area contributed by atoms with Gasteiger partial charge in [-0.1, -0.05) is 11.6 Å². The number of hydrogen-bond acceptors (Lipinski definition) is 6. The number of pyridine rings is 2. The third kappa shape index (κ3) is 4.07. The third-order valence-corrected chi connectivity index (χ3v) is 5.19. The summed E-state index contributed by atoms with van der Waals surface area (Å²) in [5.74, 6) is 2.30. The van der Waals surface area contributed by atoms with Gasteiger partial charge in [0.05, 0.1) is 11.6 Å². The lowest BCUT2D eigenvalue weighted by atomic mass is 10.1. The Labute approximate surface area is 169 Å². The fourth-order valence-electron chi connectivity index (χ4n) is 3.38. The fraction of sp³-hybridized carbons (Fsp3) is 0.333. The Bertz CT molecular complexity index is 949.